The predicted molar refractivity (Wildman–Crippen MR) is 202 cm³/mol. The number of aromatic nitrogens is 2. The molecule has 0 aliphatic rings. The van der Waals surface area contributed by atoms with Gasteiger partial charge < -0.3 is 4.42 Å². The zero-order chi connectivity index (χ0) is 32.6. The summed E-state index contributed by atoms with van der Waals surface area (Å²) in [6.07, 6.45) is 0. The molecule has 0 bridgehead atoms. The molecule has 0 fully saturated rings. The molecular weight excluding hydrogens is 597 g/mol. The quantitative estimate of drug-likeness (QED) is 0.184. The average Bonchev–Trinajstić information content (AvgIpc) is 3.57. The minimum atomic E-state index is 0.663. The Hall–Kier alpha value is -6.58. The second-order valence-corrected chi connectivity index (χ2v) is 12.2. The van der Waals surface area contributed by atoms with Crippen LogP contribution in [-0.2, 0) is 0 Å². The zero-order valence-electron chi connectivity index (χ0n) is 26.6. The molecule has 0 radical (unpaired) electrons. The number of hydrogen-bond acceptors (Lipinski definition) is 3. The summed E-state index contributed by atoms with van der Waals surface area (Å²) in [6, 6.07) is 63.4. The summed E-state index contributed by atoms with van der Waals surface area (Å²) in [5.41, 5.74) is 14.3. The van der Waals surface area contributed by atoms with Crippen molar-refractivity contribution in [1.82, 2.24) is 9.97 Å². The minimum absolute atomic E-state index is 0.663. The number of rotatable bonds is 6. The van der Waals surface area contributed by atoms with Crippen molar-refractivity contribution in [3.05, 3.63) is 182 Å². The third-order valence-corrected chi connectivity index (χ3v) is 9.11. The smallest absolute Gasteiger partial charge is 0.180 e. The maximum absolute atomic E-state index is 6.55. The standard InChI is InChI=1S/C46H30N2O/c1-4-12-31(13-5-1)33-22-24-34(25-23-33)36-18-10-19-37(28-36)38-20-11-21-40(29-38)46-47-43(35-16-8-3-9-17-35)45-44(48-46)41-27-26-39(30-42(41)49-45)32-14-6-2-7-15-32/h1-30H. The lowest BCUT2D eigenvalue weighted by Crippen LogP contribution is -1.94. The number of nitrogens with zero attached hydrogens (tertiary/aromatic N) is 2. The van der Waals surface area contributed by atoms with Crippen LogP contribution in [-0.4, -0.2) is 9.97 Å². The highest BCUT2D eigenvalue weighted by atomic mass is 16.3. The van der Waals surface area contributed by atoms with E-state index in [1.54, 1.807) is 0 Å². The van der Waals surface area contributed by atoms with Crippen LogP contribution in [0.15, 0.2) is 186 Å². The Bertz CT molecular complexity index is 2570. The normalized spacial score (nSPS) is 11.3. The summed E-state index contributed by atoms with van der Waals surface area (Å²) >= 11 is 0. The van der Waals surface area contributed by atoms with E-state index in [0.717, 1.165) is 55.6 Å². The molecule has 3 nitrogen and oxygen atoms in total. The minimum Gasteiger partial charge on any atom is -0.452 e. The van der Waals surface area contributed by atoms with E-state index in [-0.39, 0.29) is 0 Å². The van der Waals surface area contributed by atoms with Crippen molar-refractivity contribution in [2.45, 2.75) is 0 Å². The van der Waals surface area contributed by atoms with Crippen LogP contribution in [0.3, 0.4) is 0 Å². The van der Waals surface area contributed by atoms with Crippen LogP contribution in [0.5, 0.6) is 0 Å². The van der Waals surface area contributed by atoms with Crippen LogP contribution in [0.2, 0.25) is 0 Å². The average molecular weight is 627 g/mol. The summed E-state index contributed by atoms with van der Waals surface area (Å²) in [4.78, 5) is 10.3. The molecule has 0 spiro atoms. The highest BCUT2D eigenvalue weighted by Crippen LogP contribution is 2.38. The molecule has 0 saturated heterocycles. The maximum Gasteiger partial charge on any atom is 0.180 e. The van der Waals surface area contributed by atoms with E-state index in [0.29, 0.717) is 11.4 Å². The summed E-state index contributed by atoms with van der Waals surface area (Å²) in [7, 11) is 0. The van der Waals surface area contributed by atoms with Gasteiger partial charge in [0.15, 0.2) is 11.4 Å². The topological polar surface area (TPSA) is 38.9 Å². The molecule has 0 amide bonds. The van der Waals surface area contributed by atoms with Crippen molar-refractivity contribution < 1.29 is 4.42 Å². The Morgan fingerprint density at radius 2 is 0.755 bits per heavy atom. The second-order valence-electron chi connectivity index (χ2n) is 12.2. The largest absolute Gasteiger partial charge is 0.452 e. The van der Waals surface area contributed by atoms with Crippen molar-refractivity contribution in [3.8, 4) is 67.2 Å². The molecule has 0 N–H and O–H groups in total. The van der Waals surface area contributed by atoms with E-state index >= 15 is 0 Å². The molecule has 9 aromatic rings. The molecule has 2 aromatic heterocycles. The first-order chi connectivity index (χ1) is 24.3. The summed E-state index contributed by atoms with van der Waals surface area (Å²) < 4.78 is 6.55. The fraction of sp³-hybridized carbons (Fsp3) is 0. The molecule has 3 heteroatoms. The van der Waals surface area contributed by atoms with E-state index in [9.17, 15) is 0 Å². The molecule has 9 rings (SSSR count). The molecule has 0 saturated carbocycles. The van der Waals surface area contributed by atoms with Gasteiger partial charge in [-0.25, -0.2) is 9.97 Å². The van der Waals surface area contributed by atoms with Gasteiger partial charge in [-0.3, -0.25) is 0 Å². The van der Waals surface area contributed by atoms with Gasteiger partial charge in [-0.2, -0.15) is 0 Å². The predicted octanol–water partition coefficient (Wildman–Crippen LogP) is 12.4. The van der Waals surface area contributed by atoms with E-state index in [2.05, 4.69) is 152 Å². The number of benzene rings is 7. The van der Waals surface area contributed by atoms with Crippen LogP contribution in [0.4, 0.5) is 0 Å². The van der Waals surface area contributed by atoms with Gasteiger partial charge in [0.25, 0.3) is 0 Å². The van der Waals surface area contributed by atoms with Crippen LogP contribution < -0.4 is 0 Å². The van der Waals surface area contributed by atoms with Gasteiger partial charge in [-0.15, -0.1) is 0 Å². The van der Waals surface area contributed by atoms with Gasteiger partial charge in [0.1, 0.15) is 16.8 Å². The van der Waals surface area contributed by atoms with E-state index in [1.807, 2.05) is 30.3 Å². The Balaban J connectivity index is 1.12. The SMILES string of the molecule is c1ccc(-c2ccc(-c3cccc(-c4cccc(-c5nc(-c6ccccc6)c6oc7cc(-c8ccccc8)ccc7c6n5)c4)c3)cc2)cc1. The summed E-state index contributed by atoms with van der Waals surface area (Å²) in [5, 5.41) is 0.970. The van der Waals surface area contributed by atoms with Gasteiger partial charge in [-0.1, -0.05) is 158 Å². The summed E-state index contributed by atoms with van der Waals surface area (Å²) in [6.45, 7) is 0. The molecule has 0 aliphatic carbocycles. The van der Waals surface area contributed by atoms with Crippen molar-refractivity contribution >= 4 is 22.1 Å². The first kappa shape index (κ1) is 28.6. The second kappa shape index (κ2) is 12.2. The van der Waals surface area contributed by atoms with Gasteiger partial charge in [0, 0.05) is 16.5 Å². The molecule has 0 unspecified atom stereocenters. The molecular formula is C46H30N2O. The highest BCUT2D eigenvalue weighted by Gasteiger charge is 2.19. The Kier molecular flexibility index (Phi) is 7.14. The number of furan rings is 1. The highest BCUT2D eigenvalue weighted by molar-refractivity contribution is 6.08. The van der Waals surface area contributed by atoms with Crippen LogP contribution in [0.1, 0.15) is 0 Å². The van der Waals surface area contributed by atoms with Crippen molar-refractivity contribution in [2.24, 2.45) is 0 Å². The van der Waals surface area contributed by atoms with Crippen LogP contribution in [0.25, 0.3) is 89.2 Å². The lowest BCUT2D eigenvalue weighted by molar-refractivity contribution is 0.667. The Morgan fingerprint density at radius 3 is 1.39 bits per heavy atom. The van der Waals surface area contributed by atoms with Gasteiger partial charge in [0.2, 0.25) is 0 Å². The lowest BCUT2D eigenvalue weighted by Gasteiger charge is -2.10. The fourth-order valence-corrected chi connectivity index (χ4v) is 6.57. The number of hydrogen-bond donors (Lipinski definition) is 0. The van der Waals surface area contributed by atoms with Crippen molar-refractivity contribution in [2.75, 3.05) is 0 Å². The fourth-order valence-electron chi connectivity index (χ4n) is 6.57. The first-order valence-corrected chi connectivity index (χ1v) is 16.5. The van der Waals surface area contributed by atoms with Crippen LogP contribution >= 0.6 is 0 Å². The Labute approximate surface area is 284 Å². The van der Waals surface area contributed by atoms with Gasteiger partial charge in [0.05, 0.1) is 0 Å². The molecule has 0 atom stereocenters. The molecule has 230 valence electrons. The van der Waals surface area contributed by atoms with Crippen molar-refractivity contribution in [3.63, 3.8) is 0 Å². The molecule has 0 aliphatic heterocycles. The third-order valence-electron chi connectivity index (χ3n) is 9.11. The van der Waals surface area contributed by atoms with Crippen molar-refractivity contribution in [1.29, 1.82) is 0 Å². The summed E-state index contributed by atoms with van der Waals surface area (Å²) in [5.74, 6) is 0.663. The van der Waals surface area contributed by atoms with Gasteiger partial charge >= 0.3 is 0 Å². The molecule has 7 aromatic carbocycles. The first-order valence-electron chi connectivity index (χ1n) is 16.5. The van der Waals surface area contributed by atoms with E-state index in [4.69, 9.17) is 14.4 Å². The zero-order valence-corrected chi connectivity index (χ0v) is 26.6. The number of fused-ring (bicyclic) bond motifs is 3. The molecule has 2 heterocycles. The maximum atomic E-state index is 6.55. The Morgan fingerprint density at radius 1 is 0.327 bits per heavy atom. The molecule has 49 heavy (non-hydrogen) atoms. The lowest BCUT2D eigenvalue weighted by atomic mass is 9.96. The third kappa shape index (κ3) is 5.48. The van der Waals surface area contributed by atoms with Gasteiger partial charge in [-0.05, 0) is 68.8 Å². The van der Waals surface area contributed by atoms with Crippen LogP contribution in [0, 0.1) is 0 Å². The van der Waals surface area contributed by atoms with E-state index < -0.39 is 0 Å². The monoisotopic (exact) mass is 626 g/mol. The van der Waals surface area contributed by atoms with E-state index in [1.165, 1.54) is 22.3 Å².